The van der Waals surface area contributed by atoms with E-state index in [0.29, 0.717) is 13.1 Å². The summed E-state index contributed by atoms with van der Waals surface area (Å²) in [5.74, 6) is 0.173. The van der Waals surface area contributed by atoms with Crippen molar-refractivity contribution in [3.63, 3.8) is 0 Å². The summed E-state index contributed by atoms with van der Waals surface area (Å²) < 4.78 is 25.4. The van der Waals surface area contributed by atoms with Crippen molar-refractivity contribution in [1.82, 2.24) is 14.5 Å². The van der Waals surface area contributed by atoms with Crippen molar-refractivity contribution in [3.8, 4) is 0 Å². The first-order chi connectivity index (χ1) is 7.98. The van der Waals surface area contributed by atoms with Crippen LogP contribution in [0, 0.1) is 0 Å². The summed E-state index contributed by atoms with van der Waals surface area (Å²) in [6.45, 7) is 4.97. The zero-order chi connectivity index (χ0) is 12.5. The maximum atomic E-state index is 11.9. The topological polar surface area (TPSA) is 66.1 Å². The Morgan fingerprint density at radius 1 is 1.59 bits per heavy atom. The van der Waals surface area contributed by atoms with Gasteiger partial charge >= 0.3 is 0 Å². The standard InChI is InChI=1S/C11H19N3O2S/c1-3-17(15,16)14-8-4-6-11(2,9-14)10-5-7-12-13-10/h5,7H,3-4,6,8-9H2,1-2H3,(H,12,13)/t11-/m0/s1. The number of aromatic amines is 1. The van der Waals surface area contributed by atoms with E-state index in [1.165, 1.54) is 0 Å². The zero-order valence-electron chi connectivity index (χ0n) is 10.3. The second-order valence-electron chi connectivity index (χ2n) is 4.87. The van der Waals surface area contributed by atoms with Gasteiger partial charge in [0.2, 0.25) is 10.0 Å². The molecule has 0 unspecified atom stereocenters. The Hall–Kier alpha value is -0.880. The lowest BCUT2D eigenvalue weighted by Crippen LogP contribution is -2.47. The van der Waals surface area contributed by atoms with Crippen molar-refractivity contribution in [3.05, 3.63) is 18.0 Å². The second kappa shape index (κ2) is 4.42. The summed E-state index contributed by atoms with van der Waals surface area (Å²) in [5.41, 5.74) is 0.880. The summed E-state index contributed by atoms with van der Waals surface area (Å²) in [6, 6.07) is 1.93. The number of hydrogen-bond acceptors (Lipinski definition) is 3. The van der Waals surface area contributed by atoms with Crippen LogP contribution in [0.5, 0.6) is 0 Å². The van der Waals surface area contributed by atoms with E-state index in [1.54, 1.807) is 17.4 Å². The first-order valence-corrected chi connectivity index (χ1v) is 7.56. The van der Waals surface area contributed by atoms with E-state index in [-0.39, 0.29) is 11.2 Å². The molecule has 0 bridgehead atoms. The van der Waals surface area contributed by atoms with Gasteiger partial charge in [0, 0.05) is 30.4 Å². The van der Waals surface area contributed by atoms with Crippen LogP contribution in [0.2, 0.25) is 0 Å². The van der Waals surface area contributed by atoms with Crippen LogP contribution in [0.1, 0.15) is 32.4 Å². The molecule has 1 aliphatic heterocycles. The molecule has 17 heavy (non-hydrogen) atoms. The quantitative estimate of drug-likeness (QED) is 0.882. The van der Waals surface area contributed by atoms with Gasteiger partial charge in [0.05, 0.1) is 5.75 Å². The molecule has 0 aliphatic carbocycles. The van der Waals surface area contributed by atoms with Crippen LogP contribution < -0.4 is 0 Å². The highest BCUT2D eigenvalue weighted by Crippen LogP contribution is 2.33. The summed E-state index contributed by atoms with van der Waals surface area (Å²) in [5, 5.41) is 6.92. The van der Waals surface area contributed by atoms with E-state index in [1.807, 2.05) is 6.07 Å². The smallest absolute Gasteiger partial charge is 0.213 e. The average molecular weight is 257 g/mol. The number of nitrogens with one attached hydrogen (secondary N) is 1. The maximum absolute atomic E-state index is 11.9. The highest BCUT2D eigenvalue weighted by molar-refractivity contribution is 7.89. The number of rotatable bonds is 3. The predicted octanol–water partition coefficient (Wildman–Crippen LogP) is 1.11. The molecular formula is C11H19N3O2S. The van der Waals surface area contributed by atoms with Gasteiger partial charge in [-0.25, -0.2) is 12.7 Å². The molecule has 1 aromatic heterocycles. The minimum atomic E-state index is -3.08. The van der Waals surface area contributed by atoms with Gasteiger partial charge in [0.1, 0.15) is 0 Å². The first kappa shape index (κ1) is 12.6. The first-order valence-electron chi connectivity index (χ1n) is 5.96. The van der Waals surface area contributed by atoms with E-state index < -0.39 is 10.0 Å². The van der Waals surface area contributed by atoms with E-state index in [4.69, 9.17) is 0 Å². The molecule has 0 aromatic carbocycles. The highest BCUT2D eigenvalue weighted by Gasteiger charge is 2.37. The molecular weight excluding hydrogens is 238 g/mol. The largest absolute Gasteiger partial charge is 0.282 e. The number of hydrogen-bond donors (Lipinski definition) is 1. The third kappa shape index (κ3) is 2.37. The van der Waals surface area contributed by atoms with Crippen LogP contribution >= 0.6 is 0 Å². The number of sulfonamides is 1. The van der Waals surface area contributed by atoms with Crippen molar-refractivity contribution < 1.29 is 8.42 Å². The molecule has 1 N–H and O–H groups in total. The molecule has 0 saturated carbocycles. The fraction of sp³-hybridized carbons (Fsp3) is 0.727. The van der Waals surface area contributed by atoms with Crippen LogP contribution in [-0.4, -0.2) is 41.8 Å². The van der Waals surface area contributed by atoms with Gasteiger partial charge in [0.15, 0.2) is 0 Å². The van der Waals surface area contributed by atoms with Crippen LogP contribution in [0.25, 0.3) is 0 Å². The van der Waals surface area contributed by atoms with Crippen LogP contribution in [0.15, 0.2) is 12.3 Å². The Balaban J connectivity index is 2.23. The molecule has 2 rings (SSSR count). The van der Waals surface area contributed by atoms with E-state index >= 15 is 0 Å². The van der Waals surface area contributed by atoms with E-state index in [0.717, 1.165) is 18.5 Å². The molecule has 0 spiro atoms. The average Bonchev–Trinajstić information content (AvgIpc) is 2.83. The Labute approximate surface area is 102 Å². The van der Waals surface area contributed by atoms with Gasteiger partial charge < -0.3 is 0 Å². The molecule has 6 heteroatoms. The normalized spacial score (nSPS) is 27.2. The molecule has 5 nitrogen and oxygen atoms in total. The molecule has 0 radical (unpaired) electrons. The fourth-order valence-corrected chi connectivity index (χ4v) is 3.68. The maximum Gasteiger partial charge on any atom is 0.213 e. The number of nitrogens with zero attached hydrogens (tertiary/aromatic N) is 2. The number of aromatic nitrogens is 2. The molecule has 1 aromatic rings. The van der Waals surface area contributed by atoms with Gasteiger partial charge in [0.25, 0.3) is 0 Å². The van der Waals surface area contributed by atoms with Crippen molar-refractivity contribution in [2.45, 2.75) is 32.1 Å². The summed E-state index contributed by atoms with van der Waals surface area (Å²) in [7, 11) is -3.08. The zero-order valence-corrected chi connectivity index (χ0v) is 11.1. The van der Waals surface area contributed by atoms with Crippen LogP contribution in [0.3, 0.4) is 0 Å². The minimum absolute atomic E-state index is 0.142. The summed E-state index contributed by atoms with van der Waals surface area (Å²) >= 11 is 0. The van der Waals surface area contributed by atoms with Crippen molar-refractivity contribution in [2.24, 2.45) is 0 Å². The second-order valence-corrected chi connectivity index (χ2v) is 7.13. The van der Waals surface area contributed by atoms with Crippen molar-refractivity contribution in [2.75, 3.05) is 18.8 Å². The molecule has 1 atom stereocenters. The molecule has 2 heterocycles. The lowest BCUT2D eigenvalue weighted by atomic mass is 9.80. The van der Waals surface area contributed by atoms with E-state index in [9.17, 15) is 8.42 Å². The minimum Gasteiger partial charge on any atom is -0.282 e. The Morgan fingerprint density at radius 2 is 2.35 bits per heavy atom. The van der Waals surface area contributed by atoms with Gasteiger partial charge in [-0.1, -0.05) is 6.92 Å². The SMILES string of the molecule is CCS(=O)(=O)N1CCC[C@](C)(c2ccn[nH]2)C1. The van der Waals surface area contributed by atoms with Gasteiger partial charge in [-0.05, 0) is 25.8 Å². The predicted molar refractivity (Wildman–Crippen MR) is 66.2 cm³/mol. The van der Waals surface area contributed by atoms with Crippen molar-refractivity contribution in [1.29, 1.82) is 0 Å². The monoisotopic (exact) mass is 257 g/mol. The van der Waals surface area contributed by atoms with Crippen LogP contribution in [-0.2, 0) is 15.4 Å². The van der Waals surface area contributed by atoms with Gasteiger partial charge in [-0.2, -0.15) is 5.10 Å². The van der Waals surface area contributed by atoms with E-state index in [2.05, 4.69) is 17.1 Å². The molecule has 1 saturated heterocycles. The van der Waals surface area contributed by atoms with Gasteiger partial charge in [-0.15, -0.1) is 0 Å². The Kier molecular flexibility index (Phi) is 3.27. The summed E-state index contributed by atoms with van der Waals surface area (Å²) in [6.07, 6.45) is 3.60. The third-order valence-electron chi connectivity index (χ3n) is 3.57. The lowest BCUT2D eigenvalue weighted by molar-refractivity contribution is 0.236. The molecule has 0 amide bonds. The Morgan fingerprint density at radius 3 is 2.94 bits per heavy atom. The van der Waals surface area contributed by atoms with Gasteiger partial charge in [-0.3, -0.25) is 5.10 Å². The molecule has 96 valence electrons. The molecule has 1 fully saturated rings. The third-order valence-corrected chi connectivity index (χ3v) is 5.40. The number of piperidine rings is 1. The fourth-order valence-electron chi connectivity index (χ4n) is 2.42. The summed E-state index contributed by atoms with van der Waals surface area (Å²) in [4.78, 5) is 0. The highest BCUT2D eigenvalue weighted by atomic mass is 32.2. The van der Waals surface area contributed by atoms with Crippen molar-refractivity contribution >= 4 is 10.0 Å². The number of H-pyrrole nitrogens is 1. The van der Waals surface area contributed by atoms with Crippen LogP contribution in [0.4, 0.5) is 0 Å². The molecule has 1 aliphatic rings. The Bertz CT molecular complexity index is 469. The lowest BCUT2D eigenvalue weighted by Gasteiger charge is -2.38.